The maximum atomic E-state index is 12.4. The third-order valence-corrected chi connectivity index (χ3v) is 5.06. The van der Waals surface area contributed by atoms with E-state index in [-0.39, 0.29) is 0 Å². The average Bonchev–Trinajstić information content (AvgIpc) is 3.23. The predicted molar refractivity (Wildman–Crippen MR) is 85.7 cm³/mol. The number of likely N-dealkylation sites (tertiary alicyclic amines) is 1. The van der Waals surface area contributed by atoms with Gasteiger partial charge in [-0.3, -0.25) is 4.79 Å². The lowest BCUT2D eigenvalue weighted by Crippen LogP contribution is -2.48. The lowest BCUT2D eigenvalue weighted by Gasteiger charge is -2.39. The van der Waals surface area contributed by atoms with Crippen LogP contribution in [-0.4, -0.2) is 53.2 Å². The summed E-state index contributed by atoms with van der Waals surface area (Å²) in [5, 5.41) is 0. The summed E-state index contributed by atoms with van der Waals surface area (Å²) in [6.45, 7) is 5.77. The van der Waals surface area contributed by atoms with Crippen molar-refractivity contribution in [2.24, 2.45) is 0 Å². The molecule has 0 bridgehead atoms. The summed E-state index contributed by atoms with van der Waals surface area (Å²) in [5.74, 6) is 1.19. The van der Waals surface area contributed by atoms with Crippen molar-refractivity contribution >= 4 is 28.4 Å². The number of amides is 1. The number of piperidine rings is 1. The molecule has 0 spiro atoms. The van der Waals surface area contributed by atoms with Crippen molar-refractivity contribution in [2.45, 2.75) is 57.5 Å². The summed E-state index contributed by atoms with van der Waals surface area (Å²) in [6, 6.07) is 1.05. The standard InChI is InChI=1S/C14H26N2OS2/c1-2-8-15-9-5-13(6-10-15)16(12-3-4-12)14(17)7-11-19-18/h12-13,18H,2-11H2,1H3. The van der Waals surface area contributed by atoms with Crippen LogP contribution in [0.2, 0.25) is 0 Å². The Morgan fingerprint density at radius 1 is 1.26 bits per heavy atom. The van der Waals surface area contributed by atoms with Gasteiger partial charge in [0, 0.05) is 37.3 Å². The molecule has 1 amide bonds. The minimum atomic E-state index is 0.359. The van der Waals surface area contributed by atoms with Crippen LogP contribution in [0.1, 0.15) is 45.4 Å². The summed E-state index contributed by atoms with van der Waals surface area (Å²) in [6.07, 6.45) is 6.64. The van der Waals surface area contributed by atoms with Gasteiger partial charge in [-0.05, 0) is 38.6 Å². The van der Waals surface area contributed by atoms with Crippen LogP contribution in [0.25, 0.3) is 0 Å². The number of hydrogen-bond donors (Lipinski definition) is 1. The lowest BCUT2D eigenvalue weighted by molar-refractivity contribution is -0.134. The van der Waals surface area contributed by atoms with Crippen molar-refractivity contribution in [3.05, 3.63) is 0 Å². The fourth-order valence-corrected chi connectivity index (χ4v) is 3.60. The second-order valence-electron chi connectivity index (χ2n) is 5.69. The second-order valence-corrected chi connectivity index (χ2v) is 7.13. The van der Waals surface area contributed by atoms with Crippen LogP contribution in [0, 0.1) is 0 Å². The number of hydrogen-bond acceptors (Lipinski definition) is 4. The largest absolute Gasteiger partial charge is 0.337 e. The quantitative estimate of drug-likeness (QED) is 0.578. The topological polar surface area (TPSA) is 23.6 Å². The summed E-state index contributed by atoms with van der Waals surface area (Å²) >= 11 is 4.13. The van der Waals surface area contributed by atoms with E-state index in [2.05, 4.69) is 28.4 Å². The van der Waals surface area contributed by atoms with Crippen LogP contribution < -0.4 is 0 Å². The molecule has 0 aromatic carbocycles. The molecule has 1 heterocycles. The van der Waals surface area contributed by atoms with E-state index in [1.165, 1.54) is 36.6 Å². The van der Waals surface area contributed by atoms with Crippen LogP contribution >= 0.6 is 22.5 Å². The molecule has 5 heteroatoms. The highest BCUT2D eigenvalue weighted by Gasteiger charge is 2.37. The Labute approximate surface area is 126 Å². The first-order valence-electron chi connectivity index (χ1n) is 7.56. The first kappa shape index (κ1) is 15.5. The van der Waals surface area contributed by atoms with Gasteiger partial charge in [-0.25, -0.2) is 0 Å². The monoisotopic (exact) mass is 302 g/mol. The fraction of sp³-hybridized carbons (Fsp3) is 0.929. The van der Waals surface area contributed by atoms with Gasteiger partial charge in [-0.1, -0.05) is 17.7 Å². The summed E-state index contributed by atoms with van der Waals surface area (Å²) in [7, 11) is 1.47. The van der Waals surface area contributed by atoms with Crippen molar-refractivity contribution < 1.29 is 4.79 Å². The highest BCUT2D eigenvalue weighted by Crippen LogP contribution is 2.32. The molecular weight excluding hydrogens is 276 g/mol. The van der Waals surface area contributed by atoms with Crippen molar-refractivity contribution in [1.82, 2.24) is 9.80 Å². The molecule has 1 aliphatic heterocycles. The highest BCUT2D eigenvalue weighted by molar-refractivity contribution is 8.68. The lowest BCUT2D eigenvalue weighted by atomic mass is 10.0. The van der Waals surface area contributed by atoms with Gasteiger partial charge in [0.05, 0.1) is 0 Å². The first-order valence-corrected chi connectivity index (χ1v) is 9.60. The zero-order chi connectivity index (χ0) is 13.7. The van der Waals surface area contributed by atoms with E-state index >= 15 is 0 Å². The van der Waals surface area contributed by atoms with E-state index in [9.17, 15) is 4.79 Å². The molecule has 1 aliphatic carbocycles. The molecule has 0 unspecified atom stereocenters. The van der Waals surface area contributed by atoms with Crippen LogP contribution in [-0.2, 0) is 4.79 Å². The van der Waals surface area contributed by atoms with Crippen molar-refractivity contribution in [1.29, 1.82) is 0 Å². The molecule has 0 atom stereocenters. The summed E-state index contributed by atoms with van der Waals surface area (Å²) < 4.78 is 0. The van der Waals surface area contributed by atoms with Gasteiger partial charge in [0.15, 0.2) is 0 Å². The molecule has 2 rings (SSSR count). The molecule has 1 saturated carbocycles. The smallest absolute Gasteiger partial charge is 0.223 e. The minimum Gasteiger partial charge on any atom is -0.337 e. The Bertz CT molecular complexity index is 289. The number of thiol groups is 1. The maximum Gasteiger partial charge on any atom is 0.223 e. The summed E-state index contributed by atoms with van der Waals surface area (Å²) in [4.78, 5) is 17.1. The Kier molecular flexibility index (Phi) is 6.36. The molecule has 3 nitrogen and oxygen atoms in total. The molecule has 2 fully saturated rings. The Morgan fingerprint density at radius 3 is 2.42 bits per heavy atom. The third-order valence-electron chi connectivity index (χ3n) is 4.13. The number of rotatable bonds is 7. The SMILES string of the molecule is CCCN1CCC(N(C(=O)CCSS)C2CC2)CC1. The summed E-state index contributed by atoms with van der Waals surface area (Å²) in [5.41, 5.74) is 0. The van der Waals surface area contributed by atoms with Gasteiger partial charge in [0.2, 0.25) is 5.91 Å². The molecule has 19 heavy (non-hydrogen) atoms. The fourth-order valence-electron chi connectivity index (χ4n) is 3.06. The van der Waals surface area contributed by atoms with E-state index in [4.69, 9.17) is 0 Å². The van der Waals surface area contributed by atoms with E-state index in [0.29, 0.717) is 24.4 Å². The zero-order valence-corrected chi connectivity index (χ0v) is 13.6. The van der Waals surface area contributed by atoms with Gasteiger partial charge in [-0.15, -0.1) is 11.7 Å². The van der Waals surface area contributed by atoms with Crippen LogP contribution in [0.4, 0.5) is 0 Å². The molecule has 110 valence electrons. The van der Waals surface area contributed by atoms with E-state index in [1.807, 2.05) is 0 Å². The third kappa shape index (κ3) is 4.57. The molecule has 0 aromatic rings. The van der Waals surface area contributed by atoms with Crippen molar-refractivity contribution in [3.63, 3.8) is 0 Å². The van der Waals surface area contributed by atoms with Crippen LogP contribution in [0.15, 0.2) is 0 Å². The first-order chi connectivity index (χ1) is 9.26. The van der Waals surface area contributed by atoms with Gasteiger partial charge >= 0.3 is 0 Å². The van der Waals surface area contributed by atoms with Gasteiger partial charge in [0.1, 0.15) is 0 Å². The van der Waals surface area contributed by atoms with E-state index in [0.717, 1.165) is 31.7 Å². The Hall–Kier alpha value is 0.130. The van der Waals surface area contributed by atoms with Gasteiger partial charge in [0.25, 0.3) is 0 Å². The van der Waals surface area contributed by atoms with Crippen LogP contribution in [0.3, 0.4) is 0 Å². The molecule has 1 saturated heterocycles. The highest BCUT2D eigenvalue weighted by atomic mass is 33.1. The second kappa shape index (κ2) is 7.79. The Morgan fingerprint density at radius 2 is 1.89 bits per heavy atom. The van der Waals surface area contributed by atoms with Gasteiger partial charge in [-0.2, -0.15) is 0 Å². The minimum absolute atomic E-state index is 0.359. The van der Waals surface area contributed by atoms with Crippen LogP contribution in [0.5, 0.6) is 0 Å². The molecule has 0 radical (unpaired) electrons. The van der Waals surface area contributed by atoms with Crippen molar-refractivity contribution in [2.75, 3.05) is 25.4 Å². The molecular formula is C14H26N2OS2. The van der Waals surface area contributed by atoms with Gasteiger partial charge < -0.3 is 9.80 Å². The normalized spacial score (nSPS) is 21.6. The Balaban J connectivity index is 1.84. The van der Waals surface area contributed by atoms with E-state index < -0.39 is 0 Å². The number of carbonyl (C=O) groups is 1. The zero-order valence-electron chi connectivity index (χ0n) is 11.9. The number of carbonyl (C=O) groups excluding carboxylic acids is 1. The predicted octanol–water partition coefficient (Wildman–Crippen LogP) is 2.82. The van der Waals surface area contributed by atoms with Crippen molar-refractivity contribution in [3.8, 4) is 0 Å². The molecule has 2 aliphatic rings. The maximum absolute atomic E-state index is 12.4. The molecule has 0 aromatic heterocycles. The average molecular weight is 303 g/mol. The number of nitrogens with zero attached hydrogens (tertiary/aromatic N) is 2. The molecule has 0 N–H and O–H groups in total. The van der Waals surface area contributed by atoms with E-state index in [1.54, 1.807) is 0 Å².